The Morgan fingerprint density at radius 3 is 0.855 bits per heavy atom. The molecule has 0 bridgehead atoms. The van der Waals surface area contributed by atoms with Crippen molar-refractivity contribution >= 4 is 11.9 Å². The molecule has 0 heterocycles. The van der Waals surface area contributed by atoms with Crippen molar-refractivity contribution in [2.24, 2.45) is 0 Å². The Morgan fingerprint density at radius 2 is 0.566 bits per heavy atom. The zero-order valence-corrected chi connectivity index (χ0v) is 56.5. The van der Waals surface area contributed by atoms with Crippen LogP contribution < -0.4 is 5.32 Å². The maximum atomic E-state index is 12.5. The van der Waals surface area contributed by atoms with E-state index < -0.39 is 12.1 Å². The molecule has 0 aromatic carbocycles. The summed E-state index contributed by atoms with van der Waals surface area (Å²) in [4.78, 5) is 24.6. The molecule has 0 radical (unpaired) electrons. The van der Waals surface area contributed by atoms with E-state index in [1.54, 1.807) is 6.08 Å². The number of allylic oxidation sites excluding steroid dienone is 3. The van der Waals surface area contributed by atoms with Gasteiger partial charge in [0.05, 0.1) is 25.4 Å². The molecule has 6 nitrogen and oxygen atoms in total. The highest BCUT2D eigenvalue weighted by Crippen LogP contribution is 2.19. The van der Waals surface area contributed by atoms with Crippen LogP contribution in [0.4, 0.5) is 0 Å². The monoisotopic (exact) mass is 1170 g/mol. The van der Waals surface area contributed by atoms with Gasteiger partial charge in [-0.1, -0.05) is 385 Å². The average Bonchev–Trinajstić information content (AvgIpc) is 3.49. The highest BCUT2D eigenvalue weighted by molar-refractivity contribution is 5.76. The van der Waals surface area contributed by atoms with E-state index in [0.29, 0.717) is 19.4 Å². The number of rotatable bonds is 72. The molecule has 492 valence electrons. The van der Waals surface area contributed by atoms with Crippen molar-refractivity contribution < 1.29 is 24.5 Å². The van der Waals surface area contributed by atoms with Gasteiger partial charge in [0.25, 0.3) is 0 Å². The van der Waals surface area contributed by atoms with Gasteiger partial charge < -0.3 is 20.3 Å². The van der Waals surface area contributed by atoms with Crippen molar-refractivity contribution in [1.82, 2.24) is 5.32 Å². The second-order valence-electron chi connectivity index (χ2n) is 26.3. The lowest BCUT2D eigenvalue weighted by Crippen LogP contribution is -2.45. The molecule has 0 fully saturated rings. The zero-order chi connectivity index (χ0) is 59.9. The van der Waals surface area contributed by atoms with Gasteiger partial charge in [0.1, 0.15) is 0 Å². The molecule has 2 atom stereocenters. The molecule has 83 heavy (non-hydrogen) atoms. The molecule has 0 aliphatic carbocycles. The number of carbonyl (C=O) groups is 2. The third-order valence-electron chi connectivity index (χ3n) is 18.0. The van der Waals surface area contributed by atoms with Gasteiger partial charge in [-0.2, -0.15) is 0 Å². The van der Waals surface area contributed by atoms with E-state index in [4.69, 9.17) is 4.74 Å². The molecule has 1 amide bonds. The Labute approximate surface area is 520 Å². The Kier molecular flexibility index (Phi) is 71.4. The number of unbranched alkanes of at least 4 members (excludes halogenated alkanes) is 59. The highest BCUT2D eigenvalue weighted by atomic mass is 16.5. The standard InChI is InChI=1S/C77H149NO5/c1-3-5-7-9-11-13-15-17-19-20-38-42-45-49-53-57-61-65-69-75(80)74(73-79)78-76(81)70-66-62-58-54-50-46-43-39-36-34-32-30-28-26-24-22-21-23-25-27-29-31-33-35-37-40-44-48-52-56-60-64-68-72-83-77(82)71-67-63-59-55-51-47-41-18-16-14-12-10-8-6-4-2/h25,27,65,69,74-75,79-80H,3-24,26,28-64,66-68,70-73H2,1-2H3,(H,78,81)/b27-25-,69-65+. The first-order chi connectivity index (χ1) is 41.0. The molecule has 0 saturated carbocycles. The first-order valence-electron chi connectivity index (χ1n) is 38.1. The minimum absolute atomic E-state index is 0.0222. The number of carbonyl (C=O) groups excluding carboxylic acids is 2. The van der Waals surface area contributed by atoms with Crippen molar-refractivity contribution in [1.29, 1.82) is 0 Å². The summed E-state index contributed by atoms with van der Waals surface area (Å²) < 4.78 is 5.50. The molecule has 0 rings (SSSR count). The second-order valence-corrected chi connectivity index (χ2v) is 26.3. The molecule has 0 aliphatic heterocycles. The fourth-order valence-electron chi connectivity index (χ4n) is 12.2. The molecule has 0 saturated heterocycles. The van der Waals surface area contributed by atoms with Crippen molar-refractivity contribution in [3.8, 4) is 0 Å². The van der Waals surface area contributed by atoms with E-state index >= 15 is 0 Å². The Bertz CT molecular complexity index is 1300. The maximum absolute atomic E-state index is 12.5. The molecule has 0 aromatic heterocycles. The van der Waals surface area contributed by atoms with Crippen LogP contribution in [0.5, 0.6) is 0 Å². The topological polar surface area (TPSA) is 95.9 Å². The predicted molar refractivity (Wildman–Crippen MR) is 366 cm³/mol. The van der Waals surface area contributed by atoms with Crippen LogP contribution >= 0.6 is 0 Å². The number of amides is 1. The average molecular weight is 1170 g/mol. The van der Waals surface area contributed by atoms with E-state index in [-0.39, 0.29) is 18.5 Å². The summed E-state index contributed by atoms with van der Waals surface area (Å²) in [5, 5.41) is 23.2. The van der Waals surface area contributed by atoms with Gasteiger partial charge in [-0.05, 0) is 57.8 Å². The van der Waals surface area contributed by atoms with Crippen LogP contribution in [0.15, 0.2) is 24.3 Å². The van der Waals surface area contributed by atoms with E-state index in [9.17, 15) is 19.8 Å². The van der Waals surface area contributed by atoms with E-state index in [0.717, 1.165) is 38.5 Å². The number of ether oxygens (including phenoxy) is 1. The third-order valence-corrected chi connectivity index (χ3v) is 18.0. The molecule has 3 N–H and O–H groups in total. The summed E-state index contributed by atoms with van der Waals surface area (Å²) in [5.74, 6) is -0.0388. The van der Waals surface area contributed by atoms with Gasteiger partial charge in [0.2, 0.25) is 5.91 Å². The SMILES string of the molecule is CCCCCCCCCCCCCCCCCC/C=C/C(O)C(CO)NC(=O)CCCCCCCCCCCCCCCCCCC/C=C\CCCCCCCCCCCCCCOC(=O)CCCCCCCCCCCCCCCCC. The van der Waals surface area contributed by atoms with Crippen molar-refractivity contribution in [2.75, 3.05) is 13.2 Å². The second kappa shape index (κ2) is 72.8. The van der Waals surface area contributed by atoms with Gasteiger partial charge in [0.15, 0.2) is 0 Å². The highest BCUT2D eigenvalue weighted by Gasteiger charge is 2.18. The van der Waals surface area contributed by atoms with Crippen LogP contribution in [0.2, 0.25) is 0 Å². The molecule has 0 aliphatic rings. The summed E-state index contributed by atoms with van der Waals surface area (Å²) in [7, 11) is 0. The Balaban J connectivity index is 3.36. The number of esters is 1. The lowest BCUT2D eigenvalue weighted by atomic mass is 10.0. The molecule has 0 spiro atoms. The van der Waals surface area contributed by atoms with Gasteiger partial charge in [-0.15, -0.1) is 0 Å². The Hall–Kier alpha value is -1.66. The smallest absolute Gasteiger partial charge is 0.305 e. The maximum Gasteiger partial charge on any atom is 0.305 e. The lowest BCUT2D eigenvalue weighted by Gasteiger charge is -2.20. The van der Waals surface area contributed by atoms with Crippen molar-refractivity contribution in [3.05, 3.63) is 24.3 Å². The van der Waals surface area contributed by atoms with Crippen LogP contribution in [-0.4, -0.2) is 47.4 Å². The molecular weight excluding hydrogens is 1020 g/mol. The number of hydrogen-bond acceptors (Lipinski definition) is 5. The zero-order valence-electron chi connectivity index (χ0n) is 56.5. The predicted octanol–water partition coefficient (Wildman–Crippen LogP) is 24.9. The quantitative estimate of drug-likeness (QED) is 0.0320. The number of nitrogens with one attached hydrogen (secondary N) is 1. The molecular formula is C77H149NO5. The summed E-state index contributed by atoms with van der Waals surface area (Å²) in [5.41, 5.74) is 0. The minimum Gasteiger partial charge on any atom is -0.466 e. The normalized spacial score (nSPS) is 12.6. The molecule has 6 heteroatoms. The summed E-state index contributed by atoms with van der Waals surface area (Å²) >= 11 is 0. The summed E-state index contributed by atoms with van der Waals surface area (Å²) in [6.45, 7) is 4.95. The van der Waals surface area contributed by atoms with Crippen molar-refractivity contribution in [3.63, 3.8) is 0 Å². The van der Waals surface area contributed by atoms with Crippen molar-refractivity contribution in [2.45, 2.75) is 443 Å². The van der Waals surface area contributed by atoms with Gasteiger partial charge in [0, 0.05) is 12.8 Å². The third kappa shape index (κ3) is 69.3. The van der Waals surface area contributed by atoms with E-state index in [1.807, 2.05) is 6.08 Å². The van der Waals surface area contributed by atoms with Crippen LogP contribution in [-0.2, 0) is 14.3 Å². The van der Waals surface area contributed by atoms with Crippen LogP contribution in [0.25, 0.3) is 0 Å². The first-order valence-corrected chi connectivity index (χ1v) is 38.1. The van der Waals surface area contributed by atoms with Gasteiger partial charge in [-0.25, -0.2) is 0 Å². The van der Waals surface area contributed by atoms with Crippen LogP contribution in [0, 0.1) is 0 Å². The van der Waals surface area contributed by atoms with Crippen LogP contribution in [0.3, 0.4) is 0 Å². The first kappa shape index (κ1) is 81.3. The summed E-state index contributed by atoms with van der Waals surface area (Å²) in [6, 6.07) is -0.626. The number of aliphatic hydroxyl groups excluding tert-OH is 2. The number of hydrogen-bond donors (Lipinski definition) is 3. The van der Waals surface area contributed by atoms with E-state index in [2.05, 4.69) is 31.3 Å². The fraction of sp³-hybridized carbons (Fsp3) is 0.922. The fourth-order valence-corrected chi connectivity index (χ4v) is 12.2. The minimum atomic E-state index is -0.842. The van der Waals surface area contributed by atoms with Crippen LogP contribution in [0.1, 0.15) is 431 Å². The molecule has 0 aromatic rings. The Morgan fingerprint density at radius 1 is 0.325 bits per heavy atom. The summed E-state index contributed by atoms with van der Waals surface area (Å²) in [6.07, 6.45) is 92.9. The van der Waals surface area contributed by atoms with E-state index in [1.165, 1.54) is 366 Å². The number of aliphatic hydroxyl groups is 2. The largest absolute Gasteiger partial charge is 0.466 e. The van der Waals surface area contributed by atoms with Gasteiger partial charge in [-0.3, -0.25) is 9.59 Å². The molecule has 2 unspecified atom stereocenters. The lowest BCUT2D eigenvalue weighted by molar-refractivity contribution is -0.143. The van der Waals surface area contributed by atoms with Gasteiger partial charge >= 0.3 is 5.97 Å².